The number of para-hydroxylation sites is 1. The predicted molar refractivity (Wildman–Crippen MR) is 128 cm³/mol. The van der Waals surface area contributed by atoms with E-state index in [-0.39, 0.29) is 24.0 Å². The Balaban J connectivity index is 0.00000300. The quantitative estimate of drug-likeness (QED) is 0.246. The van der Waals surface area contributed by atoms with Crippen molar-refractivity contribution in [1.29, 1.82) is 0 Å². The highest BCUT2D eigenvalue weighted by Gasteiger charge is 2.09. The van der Waals surface area contributed by atoms with Crippen LogP contribution in [0.25, 0.3) is 0 Å². The predicted octanol–water partition coefficient (Wildman–Crippen LogP) is 3.53. The molecule has 158 valence electrons. The molecule has 0 unspecified atom stereocenters. The van der Waals surface area contributed by atoms with Gasteiger partial charge in [0.05, 0.1) is 19.8 Å². The highest BCUT2D eigenvalue weighted by molar-refractivity contribution is 14.0. The van der Waals surface area contributed by atoms with Crippen LogP contribution in [0.3, 0.4) is 0 Å². The number of rotatable bonds is 8. The topological polar surface area (TPSA) is 72.1 Å². The standard InChI is InChI=1S/C22H30N4O2.HI/c1-18-8-9-19(21(16-18)28-20-6-3-2-4-7-20)17-25-22(23)24-10-5-11-26-12-14-27-15-13-26;/h2-4,6-9,16H,5,10-15,17H2,1H3,(H3,23,24,25);1H. The van der Waals surface area contributed by atoms with Gasteiger partial charge in [0.25, 0.3) is 0 Å². The van der Waals surface area contributed by atoms with E-state index < -0.39 is 0 Å². The number of aryl methyl sites for hydroxylation is 1. The number of halogens is 1. The van der Waals surface area contributed by atoms with Crippen LogP contribution in [0.15, 0.2) is 53.5 Å². The van der Waals surface area contributed by atoms with Crippen molar-refractivity contribution in [1.82, 2.24) is 10.2 Å². The molecule has 1 aliphatic rings. The first-order valence-corrected chi connectivity index (χ1v) is 9.87. The molecule has 0 aromatic heterocycles. The lowest BCUT2D eigenvalue weighted by Crippen LogP contribution is -2.39. The van der Waals surface area contributed by atoms with E-state index in [1.807, 2.05) is 42.5 Å². The Bertz CT molecular complexity index is 765. The van der Waals surface area contributed by atoms with Crippen molar-refractivity contribution in [2.75, 3.05) is 39.4 Å². The fraction of sp³-hybridized carbons (Fsp3) is 0.409. The van der Waals surface area contributed by atoms with Gasteiger partial charge in [-0.15, -0.1) is 24.0 Å². The Morgan fingerprint density at radius 2 is 1.93 bits per heavy atom. The number of aliphatic imine (C=N–C) groups is 1. The van der Waals surface area contributed by atoms with E-state index in [1.165, 1.54) is 0 Å². The van der Waals surface area contributed by atoms with Gasteiger partial charge >= 0.3 is 0 Å². The third-order valence-electron chi connectivity index (χ3n) is 4.67. The van der Waals surface area contributed by atoms with Crippen molar-refractivity contribution in [2.45, 2.75) is 19.9 Å². The smallest absolute Gasteiger partial charge is 0.188 e. The molecule has 1 aliphatic heterocycles. The second-order valence-electron chi connectivity index (χ2n) is 6.96. The van der Waals surface area contributed by atoms with Gasteiger partial charge < -0.3 is 20.5 Å². The number of morpholine rings is 1. The minimum atomic E-state index is 0. The number of nitrogens with zero attached hydrogens (tertiary/aromatic N) is 2. The van der Waals surface area contributed by atoms with Crippen molar-refractivity contribution in [2.24, 2.45) is 10.7 Å². The molecule has 7 heteroatoms. The minimum Gasteiger partial charge on any atom is -0.457 e. The highest BCUT2D eigenvalue weighted by Crippen LogP contribution is 2.27. The van der Waals surface area contributed by atoms with Crippen molar-refractivity contribution >= 4 is 29.9 Å². The number of guanidine groups is 1. The molecule has 1 heterocycles. The molecule has 0 atom stereocenters. The van der Waals surface area contributed by atoms with Crippen LogP contribution in [0.4, 0.5) is 0 Å². The summed E-state index contributed by atoms with van der Waals surface area (Å²) in [6.07, 6.45) is 1.03. The highest BCUT2D eigenvalue weighted by atomic mass is 127. The summed E-state index contributed by atoms with van der Waals surface area (Å²) >= 11 is 0. The van der Waals surface area contributed by atoms with Gasteiger partial charge in [0.1, 0.15) is 11.5 Å². The maximum absolute atomic E-state index is 6.04. The van der Waals surface area contributed by atoms with Crippen LogP contribution < -0.4 is 15.8 Å². The van der Waals surface area contributed by atoms with Crippen molar-refractivity contribution in [3.05, 3.63) is 59.7 Å². The number of ether oxygens (including phenoxy) is 2. The number of benzene rings is 2. The van der Waals surface area contributed by atoms with Gasteiger partial charge in [-0.25, -0.2) is 4.99 Å². The lowest BCUT2D eigenvalue weighted by atomic mass is 10.1. The molecule has 3 N–H and O–H groups in total. The van der Waals surface area contributed by atoms with Gasteiger partial charge in [-0.3, -0.25) is 4.90 Å². The first kappa shape index (κ1) is 23.4. The molecular weight excluding hydrogens is 479 g/mol. The fourth-order valence-electron chi connectivity index (χ4n) is 3.07. The molecule has 29 heavy (non-hydrogen) atoms. The van der Waals surface area contributed by atoms with Crippen LogP contribution in [0.2, 0.25) is 0 Å². The van der Waals surface area contributed by atoms with E-state index in [0.717, 1.165) is 68.4 Å². The minimum absolute atomic E-state index is 0. The lowest BCUT2D eigenvalue weighted by Gasteiger charge is -2.26. The maximum atomic E-state index is 6.04. The molecule has 2 aromatic rings. The summed E-state index contributed by atoms with van der Waals surface area (Å²) in [6, 6.07) is 15.9. The molecule has 0 saturated carbocycles. The van der Waals surface area contributed by atoms with Crippen molar-refractivity contribution in [3.8, 4) is 11.5 Å². The average molecular weight is 510 g/mol. The summed E-state index contributed by atoms with van der Waals surface area (Å²) in [6.45, 7) is 8.09. The fourth-order valence-corrected chi connectivity index (χ4v) is 3.07. The Hall–Kier alpha value is -1.84. The second kappa shape index (κ2) is 12.7. The summed E-state index contributed by atoms with van der Waals surface area (Å²) in [5, 5.41) is 3.20. The molecule has 6 nitrogen and oxygen atoms in total. The average Bonchev–Trinajstić information content (AvgIpc) is 2.72. The van der Waals surface area contributed by atoms with Gasteiger partial charge in [0.2, 0.25) is 0 Å². The number of hydrogen-bond donors (Lipinski definition) is 2. The van der Waals surface area contributed by atoms with Crippen LogP contribution in [-0.4, -0.2) is 50.3 Å². The van der Waals surface area contributed by atoms with E-state index in [1.54, 1.807) is 0 Å². The monoisotopic (exact) mass is 510 g/mol. The summed E-state index contributed by atoms with van der Waals surface area (Å²) in [4.78, 5) is 6.90. The lowest BCUT2D eigenvalue weighted by molar-refractivity contribution is 0.0376. The van der Waals surface area contributed by atoms with Crippen LogP contribution in [0, 0.1) is 6.92 Å². The molecule has 1 saturated heterocycles. The van der Waals surface area contributed by atoms with Crippen LogP contribution in [0.1, 0.15) is 17.5 Å². The SMILES string of the molecule is Cc1ccc(CN=C(N)NCCCN2CCOCC2)c(Oc2ccccc2)c1.I. The van der Waals surface area contributed by atoms with Gasteiger partial charge in [-0.05, 0) is 43.7 Å². The third-order valence-corrected chi connectivity index (χ3v) is 4.67. The molecule has 1 fully saturated rings. The largest absolute Gasteiger partial charge is 0.457 e. The van der Waals surface area contributed by atoms with Gasteiger partial charge in [-0.2, -0.15) is 0 Å². The van der Waals surface area contributed by atoms with E-state index in [2.05, 4.69) is 28.2 Å². The van der Waals surface area contributed by atoms with E-state index in [9.17, 15) is 0 Å². The zero-order valence-corrected chi connectivity index (χ0v) is 19.3. The Morgan fingerprint density at radius 3 is 2.69 bits per heavy atom. The van der Waals surface area contributed by atoms with Crippen molar-refractivity contribution < 1.29 is 9.47 Å². The zero-order chi connectivity index (χ0) is 19.6. The molecule has 0 amide bonds. The maximum Gasteiger partial charge on any atom is 0.188 e. The van der Waals surface area contributed by atoms with Crippen LogP contribution >= 0.6 is 24.0 Å². The molecule has 0 aliphatic carbocycles. The zero-order valence-electron chi connectivity index (χ0n) is 17.0. The number of nitrogens with two attached hydrogens (primary N) is 1. The molecule has 2 aromatic carbocycles. The van der Waals surface area contributed by atoms with Crippen molar-refractivity contribution in [3.63, 3.8) is 0 Å². The van der Waals surface area contributed by atoms with E-state index in [0.29, 0.717) is 12.5 Å². The summed E-state index contributed by atoms with van der Waals surface area (Å²) in [5.74, 6) is 2.09. The number of nitrogens with one attached hydrogen (secondary N) is 1. The molecular formula is C22H31IN4O2. The molecule has 3 rings (SSSR count). The van der Waals surface area contributed by atoms with Gasteiger partial charge in [0, 0.05) is 25.2 Å². The van der Waals surface area contributed by atoms with Gasteiger partial charge in [0.15, 0.2) is 5.96 Å². The molecule has 0 radical (unpaired) electrons. The third kappa shape index (κ3) is 8.20. The summed E-state index contributed by atoms with van der Waals surface area (Å²) in [7, 11) is 0. The normalized spacial score (nSPS) is 14.9. The van der Waals surface area contributed by atoms with E-state index in [4.69, 9.17) is 15.2 Å². The van der Waals surface area contributed by atoms with Crippen LogP contribution in [0.5, 0.6) is 11.5 Å². The first-order chi connectivity index (χ1) is 13.7. The second-order valence-corrected chi connectivity index (χ2v) is 6.96. The summed E-state index contributed by atoms with van der Waals surface area (Å²) in [5.41, 5.74) is 8.19. The molecule has 0 spiro atoms. The van der Waals surface area contributed by atoms with E-state index >= 15 is 0 Å². The molecule has 0 bridgehead atoms. The Morgan fingerprint density at radius 1 is 1.17 bits per heavy atom. The summed E-state index contributed by atoms with van der Waals surface area (Å²) < 4.78 is 11.4. The Kier molecular flexibility index (Phi) is 10.2. The first-order valence-electron chi connectivity index (χ1n) is 9.87. The van der Waals surface area contributed by atoms with Gasteiger partial charge in [-0.1, -0.05) is 30.3 Å². The van der Waals surface area contributed by atoms with Crippen LogP contribution in [-0.2, 0) is 11.3 Å². The Labute approximate surface area is 190 Å². The number of hydrogen-bond acceptors (Lipinski definition) is 4.